The molecule has 0 radical (unpaired) electrons. The zero-order chi connectivity index (χ0) is 22.3. The summed E-state index contributed by atoms with van der Waals surface area (Å²) >= 11 is 0. The van der Waals surface area contributed by atoms with Crippen LogP contribution in [0.5, 0.6) is 0 Å². The minimum absolute atomic E-state index is 0.0849. The van der Waals surface area contributed by atoms with Crippen molar-refractivity contribution in [3.63, 3.8) is 0 Å². The molecule has 4 nitrogen and oxygen atoms in total. The van der Waals surface area contributed by atoms with Crippen LogP contribution < -0.4 is 5.32 Å². The molecule has 3 rings (SSSR count). The van der Waals surface area contributed by atoms with Crippen molar-refractivity contribution in [1.29, 1.82) is 0 Å². The van der Waals surface area contributed by atoms with Crippen LogP contribution in [0.1, 0.15) is 49.6 Å². The number of rotatable bonds is 4. The molecule has 0 unspecified atom stereocenters. The molecule has 1 N–H and O–H groups in total. The van der Waals surface area contributed by atoms with E-state index in [0.717, 1.165) is 40.0 Å². The van der Waals surface area contributed by atoms with Crippen molar-refractivity contribution in [1.82, 2.24) is 9.55 Å². The number of anilines is 1. The van der Waals surface area contributed by atoms with E-state index < -0.39 is 11.7 Å². The van der Waals surface area contributed by atoms with Crippen LogP contribution in [0.2, 0.25) is 0 Å². The Morgan fingerprint density at radius 2 is 1.70 bits per heavy atom. The summed E-state index contributed by atoms with van der Waals surface area (Å²) in [6, 6.07) is 9.06. The molecular formula is C23H26F3N3O. The summed E-state index contributed by atoms with van der Waals surface area (Å²) in [7, 11) is 0. The average Bonchev–Trinajstić information content (AvgIpc) is 2.88. The molecule has 0 aliphatic rings. The summed E-state index contributed by atoms with van der Waals surface area (Å²) in [5.74, 6) is 0.446. The highest BCUT2D eigenvalue weighted by atomic mass is 19.4. The summed E-state index contributed by atoms with van der Waals surface area (Å²) in [6.45, 7) is 10.2. The number of benzene rings is 1. The fraction of sp³-hybridized carbons (Fsp3) is 0.391. The van der Waals surface area contributed by atoms with Crippen molar-refractivity contribution in [2.45, 2.75) is 53.8 Å². The number of amides is 1. The molecule has 3 aromatic rings. The molecule has 0 bridgehead atoms. The number of hydrogen-bond donors (Lipinski definition) is 1. The lowest BCUT2D eigenvalue weighted by Crippen LogP contribution is -2.20. The molecule has 7 heteroatoms. The molecule has 2 heterocycles. The fourth-order valence-corrected chi connectivity index (χ4v) is 3.38. The predicted molar refractivity (Wildman–Crippen MR) is 112 cm³/mol. The molecule has 30 heavy (non-hydrogen) atoms. The van der Waals surface area contributed by atoms with Gasteiger partial charge in [0.25, 0.3) is 0 Å². The van der Waals surface area contributed by atoms with Gasteiger partial charge < -0.3 is 9.88 Å². The van der Waals surface area contributed by atoms with Gasteiger partial charge in [-0.3, -0.25) is 4.79 Å². The first kappa shape index (κ1) is 21.9. The van der Waals surface area contributed by atoms with E-state index in [1.54, 1.807) is 0 Å². The number of aryl methyl sites for hydroxylation is 2. The number of carbonyl (C=O) groups is 1. The van der Waals surface area contributed by atoms with Gasteiger partial charge in [0, 0.05) is 18.7 Å². The Balaban J connectivity index is 1.88. The van der Waals surface area contributed by atoms with E-state index in [0.29, 0.717) is 18.8 Å². The molecule has 0 spiro atoms. The third-order valence-electron chi connectivity index (χ3n) is 4.85. The van der Waals surface area contributed by atoms with Crippen LogP contribution in [0.4, 0.5) is 19.0 Å². The van der Waals surface area contributed by atoms with Gasteiger partial charge in [0.1, 0.15) is 5.82 Å². The summed E-state index contributed by atoms with van der Waals surface area (Å²) < 4.78 is 40.4. The molecule has 0 saturated heterocycles. The monoisotopic (exact) mass is 417 g/mol. The van der Waals surface area contributed by atoms with Gasteiger partial charge in [-0.1, -0.05) is 32.9 Å². The van der Waals surface area contributed by atoms with Gasteiger partial charge in [0.15, 0.2) is 0 Å². The molecule has 0 fully saturated rings. The highest BCUT2D eigenvalue weighted by Crippen LogP contribution is 2.30. The van der Waals surface area contributed by atoms with Crippen molar-refractivity contribution in [3.8, 4) is 0 Å². The van der Waals surface area contributed by atoms with E-state index in [1.165, 1.54) is 12.1 Å². The SMILES string of the molecule is Cc1cc2c(cc(C)n2Cc2ccc(C(F)(F)F)cc2)nc1NC(=O)CC(C)(C)C. The number of fused-ring (bicyclic) bond motifs is 1. The van der Waals surface area contributed by atoms with Gasteiger partial charge in [-0.25, -0.2) is 4.98 Å². The van der Waals surface area contributed by atoms with Crippen molar-refractivity contribution in [2.24, 2.45) is 5.41 Å². The van der Waals surface area contributed by atoms with Gasteiger partial charge in [0.2, 0.25) is 5.91 Å². The van der Waals surface area contributed by atoms with Gasteiger partial charge in [-0.15, -0.1) is 0 Å². The molecule has 0 aliphatic carbocycles. The van der Waals surface area contributed by atoms with Crippen LogP contribution in [-0.4, -0.2) is 15.5 Å². The molecular weight excluding hydrogens is 391 g/mol. The fourth-order valence-electron chi connectivity index (χ4n) is 3.38. The van der Waals surface area contributed by atoms with Crippen LogP contribution in [0.15, 0.2) is 36.4 Å². The van der Waals surface area contributed by atoms with Crippen molar-refractivity contribution < 1.29 is 18.0 Å². The maximum Gasteiger partial charge on any atom is 0.416 e. The molecule has 1 aromatic carbocycles. The van der Waals surface area contributed by atoms with E-state index >= 15 is 0 Å². The van der Waals surface area contributed by atoms with Crippen LogP contribution >= 0.6 is 0 Å². The first-order valence-corrected chi connectivity index (χ1v) is 9.77. The lowest BCUT2D eigenvalue weighted by atomic mass is 9.92. The number of alkyl halides is 3. The van der Waals surface area contributed by atoms with Crippen LogP contribution in [0.25, 0.3) is 11.0 Å². The highest BCUT2D eigenvalue weighted by Gasteiger charge is 2.30. The quantitative estimate of drug-likeness (QED) is 0.558. The third-order valence-corrected chi connectivity index (χ3v) is 4.85. The number of hydrogen-bond acceptors (Lipinski definition) is 2. The topological polar surface area (TPSA) is 46.9 Å². The van der Waals surface area contributed by atoms with Gasteiger partial charge in [-0.05, 0) is 54.7 Å². The van der Waals surface area contributed by atoms with E-state index in [4.69, 9.17) is 0 Å². The van der Waals surface area contributed by atoms with E-state index in [-0.39, 0.29) is 11.3 Å². The van der Waals surface area contributed by atoms with Crippen LogP contribution in [-0.2, 0) is 17.5 Å². The summed E-state index contributed by atoms with van der Waals surface area (Å²) in [5.41, 5.74) is 3.36. The summed E-state index contributed by atoms with van der Waals surface area (Å²) in [6.07, 6.45) is -3.95. The Hall–Kier alpha value is -2.83. The lowest BCUT2D eigenvalue weighted by molar-refractivity contribution is -0.137. The maximum absolute atomic E-state index is 12.8. The number of nitrogens with zero attached hydrogens (tertiary/aromatic N) is 2. The maximum atomic E-state index is 12.8. The minimum Gasteiger partial charge on any atom is -0.339 e. The zero-order valence-corrected chi connectivity index (χ0v) is 17.8. The van der Waals surface area contributed by atoms with Crippen molar-refractivity contribution in [3.05, 3.63) is 58.8 Å². The van der Waals surface area contributed by atoms with E-state index in [2.05, 4.69) is 10.3 Å². The van der Waals surface area contributed by atoms with E-state index in [1.807, 2.05) is 51.3 Å². The molecule has 2 aromatic heterocycles. The Morgan fingerprint density at radius 1 is 1.07 bits per heavy atom. The third kappa shape index (κ3) is 5.01. The zero-order valence-electron chi connectivity index (χ0n) is 17.8. The second-order valence-corrected chi connectivity index (χ2v) is 8.91. The number of aromatic nitrogens is 2. The molecule has 160 valence electrons. The van der Waals surface area contributed by atoms with Crippen molar-refractivity contribution in [2.75, 3.05) is 5.32 Å². The molecule has 0 aliphatic heterocycles. The first-order valence-electron chi connectivity index (χ1n) is 9.77. The minimum atomic E-state index is -4.34. The smallest absolute Gasteiger partial charge is 0.339 e. The Labute approximate surface area is 174 Å². The number of carbonyl (C=O) groups excluding carboxylic acids is 1. The Bertz CT molecular complexity index is 1070. The first-order chi connectivity index (χ1) is 13.8. The molecule has 0 saturated carbocycles. The number of nitrogens with one attached hydrogen (secondary N) is 1. The summed E-state index contributed by atoms with van der Waals surface area (Å²) in [4.78, 5) is 16.9. The second-order valence-electron chi connectivity index (χ2n) is 8.91. The Morgan fingerprint density at radius 3 is 2.27 bits per heavy atom. The second kappa shape index (κ2) is 7.78. The van der Waals surface area contributed by atoms with Gasteiger partial charge >= 0.3 is 6.18 Å². The normalized spacial score (nSPS) is 12.4. The highest BCUT2D eigenvalue weighted by molar-refractivity contribution is 5.92. The van der Waals surface area contributed by atoms with Crippen molar-refractivity contribution >= 4 is 22.8 Å². The largest absolute Gasteiger partial charge is 0.416 e. The Kier molecular flexibility index (Phi) is 5.67. The van der Waals surface area contributed by atoms with Gasteiger partial charge in [-0.2, -0.15) is 13.2 Å². The summed E-state index contributed by atoms with van der Waals surface area (Å²) in [5, 5.41) is 2.89. The predicted octanol–water partition coefficient (Wildman–Crippen LogP) is 6.09. The molecule has 0 atom stereocenters. The number of pyridine rings is 1. The van der Waals surface area contributed by atoms with Crippen LogP contribution in [0.3, 0.4) is 0 Å². The van der Waals surface area contributed by atoms with Crippen LogP contribution in [0, 0.1) is 19.3 Å². The average molecular weight is 417 g/mol. The standard InChI is InChI=1S/C23H26F3N3O/c1-14-10-19-18(27-21(14)28-20(30)12-22(3,4)5)11-15(2)29(19)13-16-6-8-17(9-7-16)23(24,25)26/h6-11H,12-13H2,1-5H3,(H,27,28,30). The molecule has 1 amide bonds. The van der Waals surface area contributed by atoms with Gasteiger partial charge in [0.05, 0.1) is 16.6 Å². The number of halogens is 3. The lowest BCUT2D eigenvalue weighted by Gasteiger charge is -2.17. The van der Waals surface area contributed by atoms with E-state index in [9.17, 15) is 18.0 Å².